The standard InChI is InChI=1S/C27H32FN7O4/c1-26(2,3)39-25(37)35-12-6-10-27(14-35)13-31-23(36)18-20(32-17-8-5-7-15(28)21(17)38-4)19(34-22(18)27)16-9-11-30-24(29)33-16/h5,7-9,11,32,34H,6,10,12-14H2,1-4H3,(H,31,36)(H2,29,30,33). The van der Waals surface area contributed by atoms with Crippen molar-refractivity contribution < 1.29 is 23.5 Å². The van der Waals surface area contributed by atoms with Crippen LogP contribution >= 0.6 is 0 Å². The first-order chi connectivity index (χ1) is 18.5. The molecule has 5 N–H and O–H groups in total. The first-order valence-electron chi connectivity index (χ1n) is 12.7. The third kappa shape index (κ3) is 4.93. The first-order valence-corrected chi connectivity index (χ1v) is 12.7. The average Bonchev–Trinajstić information content (AvgIpc) is 3.27. The van der Waals surface area contributed by atoms with Gasteiger partial charge in [0, 0.05) is 36.9 Å². The van der Waals surface area contributed by atoms with Crippen molar-refractivity contribution in [3.8, 4) is 17.1 Å². The number of likely N-dealkylation sites (tertiary alicyclic amines) is 1. The number of nitrogens with zero attached hydrogens (tertiary/aromatic N) is 3. The molecule has 2 aromatic heterocycles. The second kappa shape index (κ2) is 9.75. The number of hydrogen-bond donors (Lipinski definition) is 4. The molecule has 39 heavy (non-hydrogen) atoms. The number of nitrogens with one attached hydrogen (secondary N) is 3. The van der Waals surface area contributed by atoms with Crippen molar-refractivity contribution in [2.75, 3.05) is 37.8 Å². The van der Waals surface area contributed by atoms with Crippen LogP contribution in [0.5, 0.6) is 5.75 Å². The van der Waals surface area contributed by atoms with Crippen LogP contribution in [0.3, 0.4) is 0 Å². The van der Waals surface area contributed by atoms with Crippen LogP contribution < -0.4 is 21.1 Å². The maximum absolute atomic E-state index is 14.6. The van der Waals surface area contributed by atoms with Gasteiger partial charge in [-0.1, -0.05) is 6.07 Å². The highest BCUT2D eigenvalue weighted by atomic mass is 19.1. The maximum atomic E-state index is 14.6. The van der Waals surface area contributed by atoms with Crippen LogP contribution in [-0.4, -0.2) is 64.2 Å². The first kappa shape index (κ1) is 26.3. The monoisotopic (exact) mass is 537 g/mol. The topological polar surface area (TPSA) is 147 Å². The molecule has 1 unspecified atom stereocenters. The molecule has 12 heteroatoms. The summed E-state index contributed by atoms with van der Waals surface area (Å²) in [6.07, 6.45) is 2.54. The smallest absolute Gasteiger partial charge is 0.410 e. The molecule has 0 bridgehead atoms. The van der Waals surface area contributed by atoms with E-state index in [1.165, 1.54) is 19.4 Å². The number of H-pyrrole nitrogens is 1. The number of carbonyl (C=O) groups excluding carboxylic acids is 2. The Bertz CT molecular complexity index is 1430. The van der Waals surface area contributed by atoms with Crippen LogP contribution in [0, 0.1) is 5.82 Å². The quantitative estimate of drug-likeness (QED) is 0.391. The molecule has 0 saturated carbocycles. The van der Waals surface area contributed by atoms with E-state index >= 15 is 0 Å². The van der Waals surface area contributed by atoms with Gasteiger partial charge in [0.05, 0.1) is 35.4 Å². The van der Waals surface area contributed by atoms with Crippen LogP contribution in [0.2, 0.25) is 0 Å². The molecule has 206 valence electrons. The number of aromatic nitrogens is 3. The van der Waals surface area contributed by atoms with E-state index in [0.29, 0.717) is 66.5 Å². The molecule has 11 nitrogen and oxygen atoms in total. The van der Waals surface area contributed by atoms with Gasteiger partial charge in [-0.05, 0) is 51.8 Å². The Hall–Kier alpha value is -4.35. The number of halogens is 1. The van der Waals surface area contributed by atoms with Gasteiger partial charge in [0.2, 0.25) is 5.95 Å². The van der Waals surface area contributed by atoms with Gasteiger partial charge in [0.15, 0.2) is 11.6 Å². The molecule has 1 saturated heterocycles. The zero-order chi connectivity index (χ0) is 27.9. The highest BCUT2D eigenvalue weighted by Gasteiger charge is 2.47. The lowest BCUT2D eigenvalue weighted by Gasteiger charge is -2.44. The Morgan fingerprint density at radius 3 is 2.79 bits per heavy atom. The largest absolute Gasteiger partial charge is 0.492 e. The third-order valence-corrected chi connectivity index (χ3v) is 6.93. The summed E-state index contributed by atoms with van der Waals surface area (Å²) in [5.74, 6) is -0.809. The van der Waals surface area contributed by atoms with Crippen molar-refractivity contribution in [2.24, 2.45) is 0 Å². The van der Waals surface area contributed by atoms with Crippen molar-refractivity contribution >= 4 is 29.3 Å². The minimum absolute atomic E-state index is 0.000277. The number of nitrogens with two attached hydrogens (primary N) is 1. The molecule has 0 radical (unpaired) electrons. The summed E-state index contributed by atoms with van der Waals surface area (Å²) in [7, 11) is 1.37. The van der Waals surface area contributed by atoms with Crippen LogP contribution in [0.25, 0.3) is 11.4 Å². The van der Waals surface area contributed by atoms with Crippen LogP contribution in [-0.2, 0) is 10.2 Å². The average molecular weight is 538 g/mol. The molecule has 2 aliphatic rings. The molecule has 1 atom stereocenters. The Morgan fingerprint density at radius 1 is 1.28 bits per heavy atom. The summed E-state index contributed by atoms with van der Waals surface area (Å²) in [6.45, 7) is 6.69. The minimum atomic E-state index is -0.638. The van der Waals surface area contributed by atoms with Gasteiger partial charge in [0.1, 0.15) is 5.60 Å². The summed E-state index contributed by atoms with van der Waals surface area (Å²) >= 11 is 0. The molecule has 2 aliphatic heterocycles. The van der Waals surface area contributed by atoms with Gasteiger partial charge < -0.3 is 35.7 Å². The van der Waals surface area contributed by atoms with E-state index in [4.69, 9.17) is 15.2 Å². The fourth-order valence-corrected chi connectivity index (χ4v) is 5.29. The molecular formula is C27H32FN7O4. The van der Waals surface area contributed by atoms with Crippen LogP contribution in [0.1, 0.15) is 49.7 Å². The molecule has 4 heterocycles. The second-order valence-electron chi connectivity index (χ2n) is 10.8. The van der Waals surface area contributed by atoms with Gasteiger partial charge in [-0.2, -0.15) is 0 Å². The van der Waals surface area contributed by atoms with Crippen LogP contribution in [0.15, 0.2) is 30.5 Å². The third-order valence-electron chi connectivity index (χ3n) is 6.93. The summed E-state index contributed by atoms with van der Waals surface area (Å²) in [4.78, 5) is 39.9. The van der Waals surface area contributed by atoms with Crippen molar-refractivity contribution in [1.29, 1.82) is 0 Å². The number of hydrogen-bond acceptors (Lipinski definition) is 8. The fourth-order valence-electron chi connectivity index (χ4n) is 5.29. The van der Waals surface area contributed by atoms with E-state index in [0.717, 1.165) is 0 Å². The van der Waals surface area contributed by atoms with Crippen molar-refractivity contribution in [2.45, 2.75) is 44.6 Å². The molecular weight excluding hydrogens is 505 g/mol. The Labute approximate surface area is 225 Å². The van der Waals surface area contributed by atoms with E-state index in [9.17, 15) is 14.0 Å². The number of nitrogen functional groups attached to an aromatic ring is 1. The number of fused-ring (bicyclic) bond motifs is 2. The van der Waals surface area contributed by atoms with Crippen molar-refractivity contribution in [1.82, 2.24) is 25.2 Å². The van der Waals surface area contributed by atoms with Gasteiger partial charge >= 0.3 is 6.09 Å². The lowest BCUT2D eigenvalue weighted by Crippen LogP contribution is -2.57. The lowest BCUT2D eigenvalue weighted by molar-refractivity contribution is 0.0128. The number of piperidine rings is 1. The molecule has 0 aliphatic carbocycles. The van der Waals surface area contributed by atoms with Gasteiger partial charge in [-0.25, -0.2) is 19.2 Å². The number of amides is 2. The number of para-hydroxylation sites is 1. The zero-order valence-corrected chi connectivity index (χ0v) is 22.4. The van der Waals surface area contributed by atoms with Crippen molar-refractivity contribution in [3.63, 3.8) is 0 Å². The SMILES string of the molecule is COc1c(F)cccc1Nc1c(-c2ccnc(N)n2)[nH]c2c1C(=O)NCC21CCCN(C(=O)OC(C)(C)C)C1. The number of aromatic amines is 1. The number of ether oxygens (including phenoxy) is 2. The normalized spacial score (nSPS) is 18.9. The van der Waals surface area contributed by atoms with E-state index in [1.54, 1.807) is 23.1 Å². The van der Waals surface area contributed by atoms with E-state index < -0.39 is 22.9 Å². The lowest BCUT2D eigenvalue weighted by atomic mass is 9.73. The number of carbonyl (C=O) groups is 2. The molecule has 1 aromatic carbocycles. The maximum Gasteiger partial charge on any atom is 0.410 e. The minimum Gasteiger partial charge on any atom is -0.492 e. The summed E-state index contributed by atoms with van der Waals surface area (Å²) in [5.41, 5.74) is 7.28. The Kier molecular flexibility index (Phi) is 6.57. The predicted octanol–water partition coefficient (Wildman–Crippen LogP) is 3.96. The number of benzene rings is 1. The second-order valence-corrected chi connectivity index (χ2v) is 10.8. The Morgan fingerprint density at radius 2 is 2.08 bits per heavy atom. The highest BCUT2D eigenvalue weighted by molar-refractivity contribution is 6.06. The van der Waals surface area contributed by atoms with Crippen molar-refractivity contribution in [3.05, 3.63) is 47.5 Å². The summed E-state index contributed by atoms with van der Waals surface area (Å²) < 4.78 is 25.5. The van der Waals surface area contributed by atoms with Gasteiger partial charge in [0.25, 0.3) is 5.91 Å². The number of methoxy groups -OCH3 is 1. The van der Waals surface area contributed by atoms with E-state index in [-0.39, 0.29) is 17.6 Å². The molecule has 3 aromatic rings. The zero-order valence-electron chi connectivity index (χ0n) is 22.4. The number of anilines is 3. The Balaban J connectivity index is 1.65. The summed E-state index contributed by atoms with van der Waals surface area (Å²) in [5, 5.41) is 6.22. The molecule has 1 fully saturated rings. The van der Waals surface area contributed by atoms with Crippen LogP contribution in [0.4, 0.5) is 26.5 Å². The molecule has 5 rings (SSSR count). The predicted molar refractivity (Wildman–Crippen MR) is 144 cm³/mol. The van der Waals surface area contributed by atoms with E-state index in [1.807, 2.05) is 20.8 Å². The number of rotatable bonds is 4. The van der Waals surface area contributed by atoms with E-state index in [2.05, 4.69) is 25.6 Å². The molecule has 2 amide bonds. The van der Waals surface area contributed by atoms with Gasteiger partial charge in [-0.15, -0.1) is 0 Å². The summed E-state index contributed by atoms with van der Waals surface area (Å²) in [6, 6.07) is 6.15. The molecule has 1 spiro atoms. The highest BCUT2D eigenvalue weighted by Crippen LogP contribution is 2.45. The fraction of sp³-hybridized carbons (Fsp3) is 0.407. The van der Waals surface area contributed by atoms with Gasteiger partial charge in [-0.3, -0.25) is 4.79 Å².